The molecule has 11 nitrogen and oxygen atoms in total. The van der Waals surface area contributed by atoms with E-state index in [1.165, 1.54) is 96.3 Å². The molecule has 12 heteroatoms. The lowest BCUT2D eigenvalue weighted by Gasteiger charge is -2.19. The Hall–Kier alpha value is -1.62. The Kier molecular flexibility index (Phi) is 33.7. The average molecular weight is 859 g/mol. The molecule has 0 spiro atoms. The Balaban J connectivity index is 2.16. The van der Waals surface area contributed by atoms with Gasteiger partial charge in [-0.2, -0.15) is 0 Å². The number of hydrogen-bond donors (Lipinski definition) is 4. The molecule has 59 heavy (non-hydrogen) atoms. The summed E-state index contributed by atoms with van der Waals surface area (Å²) in [6, 6.07) is 0. The number of carbonyl (C=O) groups excluding carboxylic acids is 3. The third-order valence-corrected chi connectivity index (χ3v) is 12.1. The predicted molar refractivity (Wildman–Crippen MR) is 236 cm³/mol. The highest BCUT2D eigenvalue weighted by molar-refractivity contribution is 7.46. The van der Waals surface area contributed by atoms with Crippen LogP contribution < -0.4 is 0 Å². The predicted octanol–water partition coefficient (Wildman–Crippen LogP) is 11.4. The highest BCUT2D eigenvalue weighted by Crippen LogP contribution is 2.36. The Morgan fingerprint density at radius 1 is 0.695 bits per heavy atom. The van der Waals surface area contributed by atoms with Crippen LogP contribution in [0.3, 0.4) is 0 Å². The van der Waals surface area contributed by atoms with Gasteiger partial charge in [0.2, 0.25) is 0 Å². The number of rotatable bonds is 40. The van der Waals surface area contributed by atoms with E-state index in [-0.39, 0.29) is 37.6 Å². The molecule has 0 aliphatic heterocycles. The Labute approximate surface area is 358 Å². The third-order valence-electron chi connectivity index (χ3n) is 11.6. The number of aliphatic hydroxyl groups excluding tert-OH is 2. The standard InChI is InChI=1S/C47H87O11P/c1-4-5-24-30-40(48)34-35-43-42(44(49)36-45(43)50)31-26-22-23-28-33-47(52)58-41(38-57-59(53,54)55)37-56-46(51)32-27-21-19-17-15-13-11-9-7-6-8-10-12-14-16-18-20-25-29-39(2)3/h34-35,39-44,48-49H,4-33,36-38H2,1-3H3,(H2,53,54,55)/b35-34+/t40-,41+,42+,43+,44-/m0/s1. The number of phosphoric ester groups is 1. The molecule has 0 amide bonds. The zero-order valence-corrected chi connectivity index (χ0v) is 38.4. The van der Waals surface area contributed by atoms with Gasteiger partial charge in [0, 0.05) is 25.2 Å². The molecular formula is C47H87O11P. The molecule has 1 aliphatic carbocycles. The van der Waals surface area contributed by atoms with Crippen molar-refractivity contribution in [3.8, 4) is 0 Å². The van der Waals surface area contributed by atoms with Gasteiger partial charge in [0.05, 0.1) is 18.8 Å². The first-order chi connectivity index (χ1) is 28.3. The lowest BCUT2D eigenvalue weighted by molar-refractivity contribution is -0.161. The first kappa shape index (κ1) is 55.4. The van der Waals surface area contributed by atoms with E-state index in [2.05, 4.69) is 25.3 Å². The van der Waals surface area contributed by atoms with Gasteiger partial charge in [0.15, 0.2) is 6.10 Å². The Morgan fingerprint density at radius 3 is 1.68 bits per heavy atom. The molecule has 0 aromatic carbocycles. The minimum atomic E-state index is -4.82. The van der Waals surface area contributed by atoms with Crippen molar-refractivity contribution in [2.75, 3.05) is 13.2 Å². The lowest BCUT2D eigenvalue weighted by atomic mass is 9.88. The van der Waals surface area contributed by atoms with Gasteiger partial charge in [-0.3, -0.25) is 18.9 Å². The van der Waals surface area contributed by atoms with Crippen molar-refractivity contribution in [2.45, 2.75) is 238 Å². The Morgan fingerprint density at radius 2 is 1.17 bits per heavy atom. The Bertz CT molecular complexity index is 1140. The summed E-state index contributed by atoms with van der Waals surface area (Å²) in [5.74, 6) is -0.785. The van der Waals surface area contributed by atoms with E-state index in [9.17, 15) is 29.2 Å². The second-order valence-corrected chi connectivity index (χ2v) is 18.9. The monoisotopic (exact) mass is 859 g/mol. The van der Waals surface area contributed by atoms with Gasteiger partial charge >= 0.3 is 19.8 Å². The van der Waals surface area contributed by atoms with Crippen molar-refractivity contribution in [3.05, 3.63) is 12.2 Å². The minimum absolute atomic E-state index is 0.00372. The summed E-state index contributed by atoms with van der Waals surface area (Å²) in [4.78, 5) is 55.7. The molecule has 0 saturated heterocycles. The second-order valence-electron chi connectivity index (χ2n) is 17.7. The van der Waals surface area contributed by atoms with E-state index in [1.807, 2.05) is 0 Å². The molecule has 346 valence electrons. The molecule has 1 fully saturated rings. The zero-order chi connectivity index (χ0) is 43.6. The van der Waals surface area contributed by atoms with Crippen LogP contribution in [0, 0.1) is 17.8 Å². The van der Waals surface area contributed by atoms with E-state index < -0.39 is 50.6 Å². The fourth-order valence-electron chi connectivity index (χ4n) is 7.99. The number of unbranched alkanes of at least 4 members (excludes halogenated alkanes) is 22. The zero-order valence-electron chi connectivity index (χ0n) is 37.5. The van der Waals surface area contributed by atoms with Crippen molar-refractivity contribution in [1.82, 2.24) is 0 Å². The fraction of sp³-hybridized carbons (Fsp3) is 0.894. The molecule has 0 aromatic heterocycles. The summed E-state index contributed by atoms with van der Waals surface area (Å²) in [7, 11) is -4.82. The summed E-state index contributed by atoms with van der Waals surface area (Å²) in [6.07, 6.45) is 32.7. The van der Waals surface area contributed by atoms with Crippen LogP contribution in [0.25, 0.3) is 0 Å². The first-order valence-corrected chi connectivity index (χ1v) is 25.5. The molecule has 0 aromatic rings. The van der Waals surface area contributed by atoms with Crippen LogP contribution in [-0.2, 0) is 32.9 Å². The van der Waals surface area contributed by atoms with Crippen molar-refractivity contribution in [3.63, 3.8) is 0 Å². The van der Waals surface area contributed by atoms with Crippen molar-refractivity contribution >= 4 is 25.5 Å². The molecule has 1 rings (SSSR count). The number of ketones is 1. The summed E-state index contributed by atoms with van der Waals surface area (Å²) in [5, 5.41) is 20.7. The van der Waals surface area contributed by atoms with Gasteiger partial charge in [-0.1, -0.05) is 187 Å². The molecule has 0 radical (unpaired) electrons. The maximum atomic E-state index is 12.6. The van der Waals surface area contributed by atoms with Gasteiger partial charge in [0.25, 0.3) is 0 Å². The van der Waals surface area contributed by atoms with Crippen molar-refractivity contribution < 1.29 is 52.9 Å². The number of hydrogen-bond acceptors (Lipinski definition) is 9. The minimum Gasteiger partial charge on any atom is -0.462 e. The van der Waals surface area contributed by atoms with Crippen molar-refractivity contribution in [2.24, 2.45) is 17.8 Å². The fourth-order valence-corrected chi connectivity index (χ4v) is 8.35. The van der Waals surface area contributed by atoms with Gasteiger partial charge < -0.3 is 29.5 Å². The van der Waals surface area contributed by atoms with Crippen LogP contribution in [0.1, 0.15) is 220 Å². The van der Waals surface area contributed by atoms with E-state index >= 15 is 0 Å². The van der Waals surface area contributed by atoms with Gasteiger partial charge in [-0.25, -0.2) is 4.57 Å². The van der Waals surface area contributed by atoms with Crippen LogP contribution in [0.4, 0.5) is 0 Å². The number of phosphoric acid groups is 1. The number of carbonyl (C=O) groups is 3. The van der Waals surface area contributed by atoms with Crippen LogP contribution in [0.2, 0.25) is 0 Å². The SMILES string of the molecule is CCCCC[C@H](O)/C=C/[C@H]1C(=O)C[C@H](O)[C@@H]1CCCCCCC(=O)O[C@H](COC(=O)CCCCCCCCCCCCCCCCCCCCC(C)C)COP(=O)(O)O. The van der Waals surface area contributed by atoms with Gasteiger partial charge in [-0.15, -0.1) is 0 Å². The largest absolute Gasteiger partial charge is 0.469 e. The van der Waals surface area contributed by atoms with Crippen LogP contribution >= 0.6 is 7.82 Å². The molecule has 0 unspecified atom stereocenters. The smallest absolute Gasteiger partial charge is 0.462 e. The van der Waals surface area contributed by atoms with Gasteiger partial charge in [0.1, 0.15) is 12.4 Å². The van der Waals surface area contributed by atoms with E-state index in [0.29, 0.717) is 32.1 Å². The second kappa shape index (κ2) is 35.9. The third kappa shape index (κ3) is 32.7. The number of Topliss-reactive ketones (excluding diaryl/α,β-unsaturated/α-hetero) is 1. The van der Waals surface area contributed by atoms with Gasteiger partial charge in [-0.05, 0) is 37.5 Å². The summed E-state index contributed by atoms with van der Waals surface area (Å²) in [5.41, 5.74) is 0. The summed E-state index contributed by atoms with van der Waals surface area (Å²) < 4.78 is 26.5. The molecule has 1 aliphatic rings. The molecule has 4 N–H and O–H groups in total. The highest BCUT2D eigenvalue weighted by Gasteiger charge is 2.39. The highest BCUT2D eigenvalue weighted by atomic mass is 31.2. The number of aliphatic hydroxyl groups is 2. The van der Waals surface area contributed by atoms with E-state index in [4.69, 9.17) is 19.3 Å². The number of allylic oxidation sites excluding steroid dienone is 1. The average Bonchev–Trinajstić information content (AvgIpc) is 3.45. The quantitative estimate of drug-likeness (QED) is 0.0200. The summed E-state index contributed by atoms with van der Waals surface area (Å²) >= 11 is 0. The summed E-state index contributed by atoms with van der Waals surface area (Å²) in [6.45, 7) is 5.77. The number of esters is 2. The molecule has 0 bridgehead atoms. The van der Waals surface area contributed by atoms with Crippen LogP contribution in [0.5, 0.6) is 0 Å². The molecule has 1 saturated carbocycles. The molecule has 5 atom stereocenters. The van der Waals surface area contributed by atoms with Crippen LogP contribution in [-0.4, -0.2) is 69.2 Å². The topological polar surface area (TPSA) is 177 Å². The van der Waals surface area contributed by atoms with Crippen LogP contribution in [0.15, 0.2) is 12.2 Å². The van der Waals surface area contributed by atoms with Crippen molar-refractivity contribution in [1.29, 1.82) is 0 Å². The molecule has 0 heterocycles. The number of ether oxygens (including phenoxy) is 2. The maximum absolute atomic E-state index is 12.6. The maximum Gasteiger partial charge on any atom is 0.469 e. The van der Waals surface area contributed by atoms with E-state index in [0.717, 1.165) is 57.3 Å². The molecular weight excluding hydrogens is 771 g/mol. The first-order valence-electron chi connectivity index (χ1n) is 23.9. The normalized spacial score (nSPS) is 18.2. The lowest BCUT2D eigenvalue weighted by Crippen LogP contribution is -2.29. The van der Waals surface area contributed by atoms with E-state index in [1.54, 1.807) is 12.2 Å².